The molecule has 21 heavy (non-hydrogen) atoms. The number of thiophene rings is 1. The van der Waals surface area contributed by atoms with Gasteiger partial charge >= 0.3 is 0 Å². The molecule has 0 aromatic carbocycles. The molecule has 1 rings (SSSR count). The van der Waals surface area contributed by atoms with E-state index in [1.54, 1.807) is 0 Å². The third kappa shape index (κ3) is 9.88. The van der Waals surface area contributed by atoms with Gasteiger partial charge < -0.3 is 11.1 Å². The molecule has 0 saturated heterocycles. The molecule has 1 heterocycles. The maximum Gasteiger partial charge on any atom is 0.220 e. The van der Waals surface area contributed by atoms with E-state index in [0.29, 0.717) is 18.9 Å². The Balaban J connectivity index is 0.00000400. The van der Waals surface area contributed by atoms with Crippen molar-refractivity contribution < 1.29 is 4.79 Å². The largest absolute Gasteiger partial charge is 0.352 e. The first-order valence-corrected chi connectivity index (χ1v) is 8.51. The van der Waals surface area contributed by atoms with Gasteiger partial charge in [0.25, 0.3) is 0 Å². The highest BCUT2D eigenvalue weighted by Gasteiger charge is 2.11. The van der Waals surface area contributed by atoms with Crippen molar-refractivity contribution >= 4 is 29.7 Å². The average molecular weight is 333 g/mol. The fourth-order valence-electron chi connectivity index (χ4n) is 2.30. The van der Waals surface area contributed by atoms with Gasteiger partial charge in [0.15, 0.2) is 0 Å². The Morgan fingerprint density at radius 3 is 2.67 bits per heavy atom. The highest BCUT2D eigenvalue weighted by molar-refractivity contribution is 7.09. The van der Waals surface area contributed by atoms with Crippen LogP contribution in [0.3, 0.4) is 0 Å². The predicted octanol–water partition coefficient (Wildman–Crippen LogP) is 3.76. The first-order chi connectivity index (χ1) is 9.61. The van der Waals surface area contributed by atoms with Gasteiger partial charge in [-0.1, -0.05) is 26.3 Å². The maximum absolute atomic E-state index is 11.8. The summed E-state index contributed by atoms with van der Waals surface area (Å²) in [4.78, 5) is 13.3. The van der Waals surface area contributed by atoms with Crippen molar-refractivity contribution in [2.45, 2.75) is 58.4 Å². The second-order valence-electron chi connectivity index (χ2n) is 5.77. The van der Waals surface area contributed by atoms with E-state index in [4.69, 9.17) is 5.73 Å². The summed E-state index contributed by atoms with van der Waals surface area (Å²) in [5.41, 5.74) is 5.69. The number of nitrogens with two attached hydrogens (primary N) is 1. The zero-order chi connectivity index (χ0) is 14.8. The monoisotopic (exact) mass is 332 g/mol. The van der Waals surface area contributed by atoms with Gasteiger partial charge in [0, 0.05) is 23.9 Å². The molecule has 1 aromatic heterocycles. The van der Waals surface area contributed by atoms with Crippen molar-refractivity contribution in [2.24, 2.45) is 11.7 Å². The number of halogens is 1. The van der Waals surface area contributed by atoms with E-state index in [1.807, 2.05) is 11.3 Å². The summed E-state index contributed by atoms with van der Waals surface area (Å²) in [5.74, 6) is 0.715. The molecule has 0 radical (unpaired) electrons. The van der Waals surface area contributed by atoms with E-state index in [1.165, 1.54) is 11.3 Å². The number of unbranched alkanes of at least 4 members (excludes halogenated alkanes) is 2. The fourth-order valence-corrected chi connectivity index (χ4v) is 3.05. The van der Waals surface area contributed by atoms with Crippen molar-refractivity contribution in [3.05, 3.63) is 22.4 Å². The van der Waals surface area contributed by atoms with E-state index in [9.17, 15) is 4.79 Å². The van der Waals surface area contributed by atoms with Crippen molar-refractivity contribution in [1.29, 1.82) is 0 Å². The summed E-state index contributed by atoms with van der Waals surface area (Å²) in [6.45, 7) is 4.83. The molecule has 3 N–H and O–H groups in total. The predicted molar refractivity (Wildman–Crippen MR) is 94.2 cm³/mol. The molecule has 0 aliphatic carbocycles. The minimum atomic E-state index is 0. The Kier molecular flexibility index (Phi) is 11.7. The maximum atomic E-state index is 11.8. The Hall–Kier alpha value is -0.580. The number of carbonyl (C=O) groups is 1. The lowest BCUT2D eigenvalue weighted by Gasteiger charge is -2.18. The van der Waals surface area contributed by atoms with Crippen molar-refractivity contribution in [2.75, 3.05) is 6.54 Å². The van der Waals surface area contributed by atoms with Gasteiger partial charge in [0.1, 0.15) is 0 Å². The molecule has 0 aliphatic heterocycles. The highest BCUT2D eigenvalue weighted by Crippen LogP contribution is 2.13. The Bertz CT molecular complexity index is 368. The number of hydrogen-bond donors (Lipinski definition) is 2. The molecule has 0 fully saturated rings. The van der Waals surface area contributed by atoms with Crippen LogP contribution in [0.5, 0.6) is 0 Å². The lowest BCUT2D eigenvalue weighted by molar-refractivity contribution is -0.121. The molecule has 0 aliphatic rings. The van der Waals surface area contributed by atoms with Gasteiger partial charge in [-0.05, 0) is 43.0 Å². The van der Waals surface area contributed by atoms with Crippen LogP contribution >= 0.6 is 23.7 Å². The summed E-state index contributed by atoms with van der Waals surface area (Å²) in [6, 6.07) is 4.40. The Morgan fingerprint density at radius 1 is 1.33 bits per heavy atom. The van der Waals surface area contributed by atoms with E-state index in [0.717, 1.165) is 25.7 Å². The minimum Gasteiger partial charge on any atom is -0.352 e. The van der Waals surface area contributed by atoms with Gasteiger partial charge in [0.05, 0.1) is 0 Å². The summed E-state index contributed by atoms with van der Waals surface area (Å²) in [5, 5.41) is 5.16. The molecule has 1 aromatic rings. The van der Waals surface area contributed by atoms with Gasteiger partial charge in [-0.3, -0.25) is 4.79 Å². The molecular formula is C16H29ClN2OS. The van der Waals surface area contributed by atoms with Gasteiger partial charge in [-0.25, -0.2) is 0 Å². The number of aryl methyl sites for hydroxylation is 1. The Labute approximate surface area is 139 Å². The third-order valence-corrected chi connectivity index (χ3v) is 4.25. The van der Waals surface area contributed by atoms with Crippen molar-refractivity contribution in [3.63, 3.8) is 0 Å². The normalized spacial score (nSPS) is 12.0. The molecule has 0 saturated carbocycles. The number of nitrogens with one attached hydrogen (secondary N) is 1. The summed E-state index contributed by atoms with van der Waals surface area (Å²) < 4.78 is 0. The summed E-state index contributed by atoms with van der Waals surface area (Å²) in [7, 11) is 0. The lowest BCUT2D eigenvalue weighted by atomic mass is 10.0. The molecule has 0 bridgehead atoms. The second-order valence-corrected chi connectivity index (χ2v) is 6.80. The SMILES string of the molecule is CC(C)CC(CN)NC(=O)CCCCCc1cccs1.Cl. The quantitative estimate of drug-likeness (QED) is 0.641. The van der Waals surface area contributed by atoms with Gasteiger partial charge in [-0.15, -0.1) is 23.7 Å². The molecule has 1 amide bonds. The van der Waals surface area contributed by atoms with E-state index in [2.05, 4.69) is 36.7 Å². The van der Waals surface area contributed by atoms with Crippen LogP contribution in [0.25, 0.3) is 0 Å². The first-order valence-electron chi connectivity index (χ1n) is 7.63. The van der Waals surface area contributed by atoms with E-state index >= 15 is 0 Å². The van der Waals surface area contributed by atoms with Crippen LogP contribution in [0.2, 0.25) is 0 Å². The van der Waals surface area contributed by atoms with Gasteiger partial charge in [0.2, 0.25) is 5.91 Å². The number of amides is 1. The fraction of sp³-hybridized carbons (Fsp3) is 0.688. The lowest BCUT2D eigenvalue weighted by Crippen LogP contribution is -2.40. The highest BCUT2D eigenvalue weighted by atomic mass is 35.5. The van der Waals surface area contributed by atoms with Gasteiger partial charge in [-0.2, -0.15) is 0 Å². The molecular weight excluding hydrogens is 304 g/mol. The van der Waals surface area contributed by atoms with Crippen molar-refractivity contribution in [1.82, 2.24) is 5.32 Å². The molecule has 0 spiro atoms. The molecule has 122 valence electrons. The zero-order valence-corrected chi connectivity index (χ0v) is 14.8. The van der Waals surface area contributed by atoms with Crippen LogP contribution in [0.1, 0.15) is 50.8 Å². The van der Waals surface area contributed by atoms with Crippen molar-refractivity contribution in [3.8, 4) is 0 Å². The number of rotatable bonds is 10. The first kappa shape index (κ1) is 20.4. The number of carbonyl (C=O) groups excluding carboxylic acids is 1. The average Bonchev–Trinajstić information content (AvgIpc) is 2.90. The summed E-state index contributed by atoms with van der Waals surface area (Å²) >= 11 is 1.81. The van der Waals surface area contributed by atoms with Crippen LogP contribution in [-0.2, 0) is 11.2 Å². The zero-order valence-electron chi connectivity index (χ0n) is 13.1. The van der Waals surface area contributed by atoms with Crippen LogP contribution in [0, 0.1) is 5.92 Å². The molecule has 3 nitrogen and oxygen atoms in total. The van der Waals surface area contributed by atoms with Crippen LogP contribution < -0.4 is 11.1 Å². The van der Waals surface area contributed by atoms with Crippen LogP contribution in [0.4, 0.5) is 0 Å². The molecule has 1 atom stereocenters. The number of hydrogen-bond acceptors (Lipinski definition) is 3. The Morgan fingerprint density at radius 2 is 2.10 bits per heavy atom. The topological polar surface area (TPSA) is 55.1 Å². The standard InChI is InChI=1S/C16H28N2OS.ClH/c1-13(2)11-14(12-17)18-16(19)9-5-3-4-7-15-8-6-10-20-15;/h6,8,10,13-14H,3-5,7,9,11-12,17H2,1-2H3,(H,18,19);1H. The van der Waals surface area contributed by atoms with E-state index in [-0.39, 0.29) is 24.4 Å². The third-order valence-electron chi connectivity index (χ3n) is 3.31. The molecule has 1 unspecified atom stereocenters. The van der Waals surface area contributed by atoms with Crippen LogP contribution in [-0.4, -0.2) is 18.5 Å². The second kappa shape index (κ2) is 12.0. The molecule has 5 heteroatoms. The van der Waals surface area contributed by atoms with Crippen LogP contribution in [0.15, 0.2) is 17.5 Å². The summed E-state index contributed by atoms with van der Waals surface area (Å²) in [6.07, 6.45) is 5.97. The minimum absolute atomic E-state index is 0. The smallest absolute Gasteiger partial charge is 0.220 e. The van der Waals surface area contributed by atoms with E-state index < -0.39 is 0 Å².